The van der Waals surface area contributed by atoms with E-state index in [1.165, 1.54) is 0 Å². The van der Waals surface area contributed by atoms with Crippen molar-refractivity contribution in [2.45, 2.75) is 13.3 Å². The molecule has 0 bridgehead atoms. The first kappa shape index (κ1) is 18.0. The minimum Gasteiger partial charge on any atom is -0.455 e. The molecule has 26 heavy (non-hydrogen) atoms. The molecule has 0 aliphatic rings. The zero-order valence-corrected chi connectivity index (χ0v) is 15.0. The van der Waals surface area contributed by atoms with Crippen LogP contribution in [0.25, 0.3) is 10.8 Å². The number of benzene rings is 3. The van der Waals surface area contributed by atoms with Crippen molar-refractivity contribution in [3.05, 3.63) is 76.8 Å². The summed E-state index contributed by atoms with van der Waals surface area (Å²) < 4.78 is 5.10. The topological polar surface area (TPSA) is 55.4 Å². The van der Waals surface area contributed by atoms with Crippen molar-refractivity contribution in [1.29, 1.82) is 0 Å². The molecule has 0 aliphatic heterocycles. The second-order valence-electron chi connectivity index (χ2n) is 5.99. The van der Waals surface area contributed by atoms with Crippen LogP contribution < -0.4 is 5.32 Å². The van der Waals surface area contributed by atoms with Gasteiger partial charge in [-0.15, -0.1) is 0 Å². The number of fused-ring (bicyclic) bond motifs is 1. The van der Waals surface area contributed by atoms with E-state index < -0.39 is 11.9 Å². The molecule has 3 aromatic carbocycles. The molecule has 3 rings (SSSR count). The molecule has 0 saturated carbocycles. The third-order valence-electron chi connectivity index (χ3n) is 4.03. The van der Waals surface area contributed by atoms with Gasteiger partial charge in [-0.05, 0) is 41.0 Å². The fraction of sp³-hybridized carbons (Fsp3) is 0.143. The molecule has 3 aromatic rings. The Kier molecular flexibility index (Phi) is 5.54. The van der Waals surface area contributed by atoms with Gasteiger partial charge in [0.1, 0.15) is 0 Å². The number of hydrogen-bond acceptors (Lipinski definition) is 3. The number of anilines is 1. The van der Waals surface area contributed by atoms with Crippen LogP contribution in [0.4, 0.5) is 5.69 Å². The first-order chi connectivity index (χ1) is 12.5. The SMILES string of the molecule is Cc1ccc(NC(=O)COC(=O)Cc2cccc3ccccc23)cc1Cl. The molecule has 1 amide bonds. The van der Waals surface area contributed by atoms with Crippen molar-refractivity contribution in [2.24, 2.45) is 0 Å². The van der Waals surface area contributed by atoms with Crippen LogP contribution in [-0.4, -0.2) is 18.5 Å². The van der Waals surface area contributed by atoms with Crippen LogP contribution in [0.3, 0.4) is 0 Å². The zero-order chi connectivity index (χ0) is 18.5. The van der Waals surface area contributed by atoms with Crippen LogP contribution in [-0.2, 0) is 20.7 Å². The third kappa shape index (κ3) is 4.41. The number of rotatable bonds is 5. The van der Waals surface area contributed by atoms with Gasteiger partial charge >= 0.3 is 5.97 Å². The standard InChI is InChI=1S/C21H18ClNO3/c1-14-9-10-17(12-19(14)22)23-20(24)13-26-21(25)11-16-7-4-6-15-5-2-3-8-18(15)16/h2-10,12H,11,13H2,1H3,(H,23,24). The highest BCUT2D eigenvalue weighted by Gasteiger charge is 2.11. The number of esters is 1. The summed E-state index contributed by atoms with van der Waals surface area (Å²) in [5.74, 6) is -0.852. The van der Waals surface area contributed by atoms with E-state index >= 15 is 0 Å². The number of aryl methyl sites for hydroxylation is 1. The van der Waals surface area contributed by atoms with E-state index in [4.69, 9.17) is 16.3 Å². The Morgan fingerprint density at radius 1 is 1.04 bits per heavy atom. The van der Waals surface area contributed by atoms with Gasteiger partial charge < -0.3 is 10.1 Å². The number of hydrogen-bond donors (Lipinski definition) is 1. The highest BCUT2D eigenvalue weighted by atomic mass is 35.5. The van der Waals surface area contributed by atoms with Gasteiger partial charge in [0.25, 0.3) is 5.91 Å². The average Bonchev–Trinajstić information content (AvgIpc) is 2.63. The van der Waals surface area contributed by atoms with Crippen LogP contribution in [0.15, 0.2) is 60.7 Å². The minimum absolute atomic E-state index is 0.116. The van der Waals surface area contributed by atoms with Crippen LogP contribution in [0.2, 0.25) is 5.02 Å². The maximum atomic E-state index is 12.1. The van der Waals surface area contributed by atoms with Crippen molar-refractivity contribution in [1.82, 2.24) is 0 Å². The molecule has 5 heteroatoms. The number of nitrogens with one attached hydrogen (secondary N) is 1. The van der Waals surface area contributed by atoms with Gasteiger partial charge in [-0.3, -0.25) is 9.59 Å². The summed E-state index contributed by atoms with van der Waals surface area (Å²) in [6, 6.07) is 18.8. The Morgan fingerprint density at radius 2 is 1.81 bits per heavy atom. The molecule has 0 atom stereocenters. The monoisotopic (exact) mass is 367 g/mol. The fourth-order valence-electron chi connectivity index (χ4n) is 2.67. The van der Waals surface area contributed by atoms with E-state index in [1.54, 1.807) is 12.1 Å². The summed E-state index contributed by atoms with van der Waals surface area (Å²) in [5, 5.41) is 5.29. The molecule has 0 saturated heterocycles. The van der Waals surface area contributed by atoms with Crippen molar-refractivity contribution < 1.29 is 14.3 Å². The molecule has 132 valence electrons. The summed E-state index contributed by atoms with van der Waals surface area (Å²) in [4.78, 5) is 24.0. The molecular formula is C21H18ClNO3. The lowest BCUT2D eigenvalue weighted by molar-refractivity contribution is -0.146. The Morgan fingerprint density at radius 3 is 2.62 bits per heavy atom. The van der Waals surface area contributed by atoms with Crippen molar-refractivity contribution in [3.8, 4) is 0 Å². The van der Waals surface area contributed by atoms with Crippen LogP contribution in [0.5, 0.6) is 0 Å². The maximum absolute atomic E-state index is 12.1. The van der Waals surface area contributed by atoms with Gasteiger partial charge in [0, 0.05) is 10.7 Å². The molecule has 0 aliphatic carbocycles. The lowest BCUT2D eigenvalue weighted by Crippen LogP contribution is -2.21. The van der Waals surface area contributed by atoms with Gasteiger partial charge in [-0.2, -0.15) is 0 Å². The Labute approximate surface area is 156 Å². The van der Waals surface area contributed by atoms with Crippen LogP contribution in [0, 0.1) is 6.92 Å². The predicted molar refractivity (Wildman–Crippen MR) is 103 cm³/mol. The fourth-order valence-corrected chi connectivity index (χ4v) is 2.85. The molecule has 1 N–H and O–H groups in total. The molecule has 0 radical (unpaired) electrons. The highest BCUT2D eigenvalue weighted by Crippen LogP contribution is 2.20. The van der Waals surface area contributed by atoms with Crippen molar-refractivity contribution in [3.63, 3.8) is 0 Å². The second kappa shape index (κ2) is 8.02. The summed E-state index contributed by atoms with van der Waals surface area (Å²) in [5.41, 5.74) is 2.36. The number of halogens is 1. The molecule has 0 heterocycles. The Hall–Kier alpha value is -2.85. The van der Waals surface area contributed by atoms with E-state index in [-0.39, 0.29) is 13.0 Å². The Balaban J connectivity index is 1.56. The smallest absolute Gasteiger partial charge is 0.310 e. The molecule has 0 unspecified atom stereocenters. The lowest BCUT2D eigenvalue weighted by atomic mass is 10.0. The van der Waals surface area contributed by atoms with Crippen LogP contribution >= 0.6 is 11.6 Å². The lowest BCUT2D eigenvalue weighted by Gasteiger charge is -2.09. The molecule has 4 nitrogen and oxygen atoms in total. The van der Waals surface area contributed by atoms with E-state index in [9.17, 15) is 9.59 Å². The minimum atomic E-state index is -0.446. The predicted octanol–water partition coefficient (Wildman–Crippen LogP) is 4.53. The molecule has 0 fully saturated rings. The van der Waals surface area contributed by atoms with E-state index in [2.05, 4.69) is 5.32 Å². The van der Waals surface area contributed by atoms with Crippen LogP contribution in [0.1, 0.15) is 11.1 Å². The number of amides is 1. The first-order valence-electron chi connectivity index (χ1n) is 8.21. The summed E-state index contributed by atoms with van der Waals surface area (Å²) >= 11 is 6.03. The third-order valence-corrected chi connectivity index (χ3v) is 4.44. The van der Waals surface area contributed by atoms with E-state index in [0.29, 0.717) is 10.7 Å². The van der Waals surface area contributed by atoms with Gasteiger partial charge in [-0.1, -0.05) is 60.1 Å². The maximum Gasteiger partial charge on any atom is 0.310 e. The first-order valence-corrected chi connectivity index (χ1v) is 8.59. The van der Waals surface area contributed by atoms with Gasteiger partial charge in [0.15, 0.2) is 6.61 Å². The molecular weight excluding hydrogens is 350 g/mol. The van der Waals surface area contributed by atoms with Gasteiger partial charge in [0.2, 0.25) is 0 Å². The van der Waals surface area contributed by atoms with E-state index in [0.717, 1.165) is 21.9 Å². The van der Waals surface area contributed by atoms with Gasteiger partial charge in [0.05, 0.1) is 6.42 Å². The summed E-state index contributed by atoms with van der Waals surface area (Å²) in [7, 11) is 0. The normalized spacial score (nSPS) is 10.5. The number of carbonyl (C=O) groups is 2. The number of ether oxygens (including phenoxy) is 1. The number of carbonyl (C=O) groups excluding carboxylic acids is 2. The van der Waals surface area contributed by atoms with Crippen molar-refractivity contribution in [2.75, 3.05) is 11.9 Å². The largest absolute Gasteiger partial charge is 0.455 e. The Bertz CT molecular complexity index is 963. The average molecular weight is 368 g/mol. The van der Waals surface area contributed by atoms with E-state index in [1.807, 2.05) is 55.5 Å². The second-order valence-corrected chi connectivity index (χ2v) is 6.40. The zero-order valence-electron chi connectivity index (χ0n) is 14.3. The summed E-state index contributed by atoms with van der Waals surface area (Å²) in [6.45, 7) is 1.54. The quantitative estimate of drug-likeness (QED) is 0.674. The summed E-state index contributed by atoms with van der Waals surface area (Å²) in [6.07, 6.45) is 0.116. The molecule has 0 aromatic heterocycles. The van der Waals surface area contributed by atoms with Crippen molar-refractivity contribution >= 4 is 39.9 Å². The molecule has 0 spiro atoms. The highest BCUT2D eigenvalue weighted by molar-refractivity contribution is 6.31. The van der Waals surface area contributed by atoms with Gasteiger partial charge in [-0.25, -0.2) is 0 Å².